The molecule has 4 rings (SSSR count). The van der Waals surface area contributed by atoms with Crippen LogP contribution in [0.5, 0.6) is 0 Å². The predicted molar refractivity (Wildman–Crippen MR) is 111 cm³/mol. The van der Waals surface area contributed by atoms with E-state index in [2.05, 4.69) is 52.1 Å². The van der Waals surface area contributed by atoms with Crippen LogP contribution in [0.1, 0.15) is 42.9 Å². The van der Waals surface area contributed by atoms with Gasteiger partial charge in [0.1, 0.15) is 5.82 Å². The molecule has 1 aliphatic heterocycles. The fourth-order valence-electron chi connectivity index (χ4n) is 3.93. The zero-order valence-electron chi connectivity index (χ0n) is 16.2. The van der Waals surface area contributed by atoms with E-state index in [1.54, 1.807) is 18.5 Å². The zero-order chi connectivity index (χ0) is 19.3. The van der Waals surface area contributed by atoms with Crippen LogP contribution in [-0.4, -0.2) is 39.5 Å². The molecule has 0 spiro atoms. The summed E-state index contributed by atoms with van der Waals surface area (Å²) in [7, 11) is 0. The number of H-pyrrole nitrogens is 1. The number of hydrogen-bond donors (Lipinski definition) is 1. The van der Waals surface area contributed by atoms with E-state index in [-0.39, 0.29) is 5.56 Å². The van der Waals surface area contributed by atoms with E-state index >= 15 is 0 Å². The Bertz CT molecular complexity index is 955. The van der Waals surface area contributed by atoms with Crippen LogP contribution in [0.2, 0.25) is 0 Å². The first-order valence-electron chi connectivity index (χ1n) is 9.98. The molecule has 1 saturated heterocycles. The number of nitrogens with one attached hydrogen (secondary N) is 1. The molecular formula is C23H26N4O. The molecule has 0 radical (unpaired) electrons. The molecule has 3 aromatic rings. The molecule has 5 heteroatoms. The van der Waals surface area contributed by atoms with E-state index in [9.17, 15) is 4.79 Å². The second kappa shape index (κ2) is 8.48. The quantitative estimate of drug-likeness (QED) is 0.713. The molecule has 0 amide bonds. The van der Waals surface area contributed by atoms with Crippen LogP contribution < -0.4 is 5.56 Å². The highest BCUT2D eigenvalue weighted by Gasteiger charge is 2.26. The molecule has 0 bridgehead atoms. The Morgan fingerprint density at radius 3 is 2.75 bits per heavy atom. The van der Waals surface area contributed by atoms with Gasteiger partial charge in [0, 0.05) is 36.5 Å². The lowest BCUT2D eigenvalue weighted by Crippen LogP contribution is -2.23. The summed E-state index contributed by atoms with van der Waals surface area (Å²) in [5, 5.41) is 0. The number of likely N-dealkylation sites (tertiary alicyclic amines) is 1. The van der Waals surface area contributed by atoms with Gasteiger partial charge in [-0.3, -0.25) is 9.78 Å². The minimum atomic E-state index is -0.0898. The van der Waals surface area contributed by atoms with Gasteiger partial charge in [0.25, 0.3) is 5.56 Å². The fraction of sp³-hybridized carbons (Fsp3) is 0.348. The van der Waals surface area contributed by atoms with Crippen molar-refractivity contribution >= 4 is 0 Å². The van der Waals surface area contributed by atoms with Crippen molar-refractivity contribution in [3.63, 3.8) is 0 Å². The fourth-order valence-corrected chi connectivity index (χ4v) is 3.93. The van der Waals surface area contributed by atoms with Crippen molar-refractivity contribution < 1.29 is 0 Å². The van der Waals surface area contributed by atoms with Crippen LogP contribution in [0.15, 0.2) is 65.7 Å². The SMILES string of the molecule is C[C@H](CCN1CC[C@H](c2cc(=O)[nH]c(-c3ccncc3)n2)C1)c1ccccc1. The van der Waals surface area contributed by atoms with E-state index in [4.69, 9.17) is 4.98 Å². The number of pyridine rings is 1. The van der Waals surface area contributed by atoms with Crippen LogP contribution in [-0.2, 0) is 0 Å². The first-order chi connectivity index (χ1) is 13.7. The van der Waals surface area contributed by atoms with E-state index in [1.807, 2.05) is 12.1 Å². The van der Waals surface area contributed by atoms with Crippen molar-refractivity contribution in [3.05, 3.63) is 82.5 Å². The number of nitrogens with zero attached hydrogens (tertiary/aromatic N) is 3. The third-order valence-electron chi connectivity index (χ3n) is 5.65. The summed E-state index contributed by atoms with van der Waals surface area (Å²) in [4.78, 5) is 26.3. The predicted octanol–water partition coefficient (Wildman–Crippen LogP) is 3.82. The maximum atomic E-state index is 12.2. The smallest absolute Gasteiger partial charge is 0.251 e. The first kappa shape index (κ1) is 18.6. The van der Waals surface area contributed by atoms with Crippen molar-refractivity contribution in [1.29, 1.82) is 0 Å². The van der Waals surface area contributed by atoms with Gasteiger partial charge in [-0.2, -0.15) is 0 Å². The highest BCUT2D eigenvalue weighted by Crippen LogP contribution is 2.27. The Morgan fingerprint density at radius 1 is 1.18 bits per heavy atom. The van der Waals surface area contributed by atoms with Gasteiger partial charge in [0.15, 0.2) is 0 Å². The molecule has 1 aliphatic rings. The third kappa shape index (κ3) is 4.37. The minimum absolute atomic E-state index is 0.0898. The molecular weight excluding hydrogens is 348 g/mol. The van der Waals surface area contributed by atoms with Crippen LogP contribution in [0, 0.1) is 0 Å². The average molecular weight is 374 g/mol. The second-order valence-electron chi connectivity index (χ2n) is 7.64. The van der Waals surface area contributed by atoms with Gasteiger partial charge in [-0.1, -0.05) is 37.3 Å². The van der Waals surface area contributed by atoms with Gasteiger partial charge in [-0.05, 0) is 49.5 Å². The number of benzene rings is 1. The summed E-state index contributed by atoms with van der Waals surface area (Å²) >= 11 is 0. The standard InChI is InChI=1S/C23H26N4O/c1-17(18-5-3-2-4-6-18)9-13-27-14-10-20(16-27)21-15-22(28)26-23(25-21)19-7-11-24-12-8-19/h2-8,11-12,15,17,20H,9-10,13-14,16H2,1H3,(H,25,26,28)/t17-,20+/m1/s1. The Labute approximate surface area is 165 Å². The molecule has 1 fully saturated rings. The Hall–Kier alpha value is -2.79. The molecule has 1 aromatic carbocycles. The van der Waals surface area contributed by atoms with Crippen LogP contribution in [0.25, 0.3) is 11.4 Å². The second-order valence-corrected chi connectivity index (χ2v) is 7.64. The Morgan fingerprint density at radius 2 is 1.96 bits per heavy atom. The summed E-state index contributed by atoms with van der Waals surface area (Å²) in [5.74, 6) is 1.49. The summed E-state index contributed by atoms with van der Waals surface area (Å²) < 4.78 is 0. The molecule has 144 valence electrons. The number of aromatic amines is 1. The van der Waals surface area contributed by atoms with Crippen molar-refractivity contribution in [2.24, 2.45) is 0 Å². The molecule has 5 nitrogen and oxygen atoms in total. The minimum Gasteiger partial charge on any atom is -0.307 e. The Balaban J connectivity index is 1.40. The number of aromatic nitrogens is 3. The van der Waals surface area contributed by atoms with Crippen molar-refractivity contribution in [1.82, 2.24) is 19.9 Å². The molecule has 0 aliphatic carbocycles. The molecule has 1 N–H and O–H groups in total. The lowest BCUT2D eigenvalue weighted by atomic mass is 9.98. The largest absolute Gasteiger partial charge is 0.307 e. The lowest BCUT2D eigenvalue weighted by molar-refractivity contribution is 0.320. The monoisotopic (exact) mass is 374 g/mol. The van der Waals surface area contributed by atoms with E-state index in [0.717, 1.165) is 43.7 Å². The highest BCUT2D eigenvalue weighted by atomic mass is 16.1. The van der Waals surface area contributed by atoms with Gasteiger partial charge in [0.05, 0.1) is 5.69 Å². The van der Waals surface area contributed by atoms with Crippen molar-refractivity contribution in [2.75, 3.05) is 19.6 Å². The van der Waals surface area contributed by atoms with Crippen LogP contribution in [0.4, 0.5) is 0 Å². The molecule has 2 atom stereocenters. The first-order valence-corrected chi connectivity index (χ1v) is 9.98. The van der Waals surface area contributed by atoms with Gasteiger partial charge in [-0.25, -0.2) is 4.98 Å². The summed E-state index contributed by atoms with van der Waals surface area (Å²) in [5.41, 5.74) is 3.10. The molecule has 28 heavy (non-hydrogen) atoms. The molecule has 0 unspecified atom stereocenters. The molecule has 0 saturated carbocycles. The third-order valence-corrected chi connectivity index (χ3v) is 5.65. The zero-order valence-corrected chi connectivity index (χ0v) is 16.2. The van der Waals surface area contributed by atoms with Crippen molar-refractivity contribution in [2.45, 2.75) is 31.6 Å². The normalized spacial score (nSPS) is 18.2. The van der Waals surface area contributed by atoms with Gasteiger partial charge in [0.2, 0.25) is 0 Å². The van der Waals surface area contributed by atoms with Gasteiger partial charge in [-0.15, -0.1) is 0 Å². The summed E-state index contributed by atoms with van der Waals surface area (Å²) in [6.45, 7) is 5.40. The van der Waals surface area contributed by atoms with Crippen LogP contribution >= 0.6 is 0 Å². The number of hydrogen-bond acceptors (Lipinski definition) is 4. The van der Waals surface area contributed by atoms with E-state index in [1.165, 1.54) is 5.56 Å². The summed E-state index contributed by atoms with van der Waals surface area (Å²) in [6.07, 6.45) is 5.62. The van der Waals surface area contributed by atoms with Gasteiger partial charge < -0.3 is 9.88 Å². The lowest BCUT2D eigenvalue weighted by Gasteiger charge is -2.19. The average Bonchev–Trinajstić information content (AvgIpc) is 3.22. The maximum Gasteiger partial charge on any atom is 0.251 e. The van der Waals surface area contributed by atoms with Crippen LogP contribution in [0.3, 0.4) is 0 Å². The van der Waals surface area contributed by atoms with E-state index in [0.29, 0.717) is 17.7 Å². The van der Waals surface area contributed by atoms with Crippen molar-refractivity contribution in [3.8, 4) is 11.4 Å². The molecule has 3 heterocycles. The Kier molecular flexibility index (Phi) is 5.63. The summed E-state index contributed by atoms with van der Waals surface area (Å²) in [6, 6.07) is 16.1. The number of rotatable bonds is 6. The maximum absolute atomic E-state index is 12.2. The topological polar surface area (TPSA) is 61.9 Å². The van der Waals surface area contributed by atoms with Gasteiger partial charge >= 0.3 is 0 Å². The highest BCUT2D eigenvalue weighted by molar-refractivity contribution is 5.53. The van der Waals surface area contributed by atoms with E-state index < -0.39 is 0 Å². The molecule has 2 aromatic heterocycles.